The van der Waals surface area contributed by atoms with Gasteiger partial charge in [0.25, 0.3) is 0 Å². The van der Waals surface area contributed by atoms with E-state index in [1.54, 1.807) is 0 Å². The maximum Gasteiger partial charge on any atom is 0.0345 e. The van der Waals surface area contributed by atoms with E-state index in [1.807, 2.05) is 11.3 Å². The van der Waals surface area contributed by atoms with Crippen molar-refractivity contribution >= 4 is 33.2 Å². The smallest absolute Gasteiger partial charge is 0.0345 e. The molecule has 2 unspecified atom stereocenters. The van der Waals surface area contributed by atoms with E-state index in [0.717, 1.165) is 13.0 Å². The zero-order valence-corrected chi connectivity index (χ0v) is 13.9. The summed E-state index contributed by atoms with van der Waals surface area (Å²) in [5.74, 6) is 1.32. The molecule has 3 heteroatoms. The quantitative estimate of drug-likeness (QED) is 0.858. The molecule has 1 aliphatic rings. The molecule has 20 heavy (non-hydrogen) atoms. The third-order valence-corrected chi connectivity index (χ3v) is 7.08. The average Bonchev–Trinajstić information content (AvgIpc) is 3.06. The molecule has 2 atom stereocenters. The normalized spacial score (nSPS) is 24.3. The molecule has 1 fully saturated rings. The van der Waals surface area contributed by atoms with Crippen molar-refractivity contribution in [2.75, 3.05) is 12.3 Å². The first kappa shape index (κ1) is 14.4. The minimum Gasteiger partial charge on any atom is -0.313 e. The van der Waals surface area contributed by atoms with Crippen molar-refractivity contribution in [2.24, 2.45) is 0 Å². The van der Waals surface area contributed by atoms with Crippen molar-refractivity contribution in [3.63, 3.8) is 0 Å². The number of thiophene rings is 1. The monoisotopic (exact) mass is 305 g/mol. The molecule has 1 aromatic heterocycles. The summed E-state index contributed by atoms with van der Waals surface area (Å²) in [5.41, 5.74) is 1.52. The van der Waals surface area contributed by atoms with Crippen LogP contribution in [-0.4, -0.2) is 23.1 Å². The Kier molecular flexibility index (Phi) is 4.39. The lowest BCUT2D eigenvalue weighted by Gasteiger charge is -2.34. The lowest BCUT2D eigenvalue weighted by molar-refractivity contribution is 0.407. The van der Waals surface area contributed by atoms with Gasteiger partial charge in [0.2, 0.25) is 0 Å². The first-order valence-electron chi connectivity index (χ1n) is 7.55. The number of thioether (sulfide) groups is 1. The highest BCUT2D eigenvalue weighted by Gasteiger charge is 2.37. The Morgan fingerprint density at radius 3 is 2.95 bits per heavy atom. The average molecular weight is 306 g/mol. The summed E-state index contributed by atoms with van der Waals surface area (Å²) in [6.07, 6.45) is 3.87. The molecule has 0 bridgehead atoms. The molecule has 2 aromatic rings. The van der Waals surface area contributed by atoms with Gasteiger partial charge < -0.3 is 5.32 Å². The number of hydrogen-bond acceptors (Lipinski definition) is 3. The van der Waals surface area contributed by atoms with Crippen LogP contribution < -0.4 is 5.32 Å². The van der Waals surface area contributed by atoms with Crippen molar-refractivity contribution in [3.8, 4) is 0 Å². The SMILES string of the molecule is CCNC(Cc1csc2ccccc12)C1(C)CCCS1. The number of hydrogen-bond donors (Lipinski definition) is 1. The number of likely N-dealkylation sites (N-methyl/N-ethyl adjacent to an activating group) is 1. The third-order valence-electron chi connectivity index (χ3n) is 4.42. The Bertz CT molecular complexity index is 569. The highest BCUT2D eigenvalue weighted by atomic mass is 32.2. The molecule has 2 heterocycles. The fourth-order valence-electron chi connectivity index (χ4n) is 3.24. The molecule has 0 aliphatic carbocycles. The lowest BCUT2D eigenvalue weighted by Crippen LogP contribution is -2.46. The van der Waals surface area contributed by atoms with Gasteiger partial charge in [-0.15, -0.1) is 11.3 Å². The van der Waals surface area contributed by atoms with E-state index < -0.39 is 0 Å². The van der Waals surface area contributed by atoms with Crippen LogP contribution in [0.1, 0.15) is 32.3 Å². The van der Waals surface area contributed by atoms with Crippen LogP contribution in [0.4, 0.5) is 0 Å². The first-order valence-corrected chi connectivity index (χ1v) is 9.42. The number of nitrogens with one attached hydrogen (secondary N) is 1. The van der Waals surface area contributed by atoms with E-state index in [1.165, 1.54) is 34.2 Å². The van der Waals surface area contributed by atoms with Crippen LogP contribution in [0, 0.1) is 0 Å². The van der Waals surface area contributed by atoms with E-state index in [-0.39, 0.29) is 0 Å². The molecule has 1 aromatic carbocycles. The van der Waals surface area contributed by atoms with Gasteiger partial charge >= 0.3 is 0 Å². The topological polar surface area (TPSA) is 12.0 Å². The van der Waals surface area contributed by atoms with Crippen molar-refractivity contribution in [1.29, 1.82) is 0 Å². The zero-order valence-electron chi connectivity index (χ0n) is 12.3. The van der Waals surface area contributed by atoms with Crippen LogP contribution in [0.25, 0.3) is 10.1 Å². The largest absolute Gasteiger partial charge is 0.313 e. The van der Waals surface area contributed by atoms with Crippen LogP contribution in [0.5, 0.6) is 0 Å². The first-order chi connectivity index (χ1) is 9.73. The third kappa shape index (κ3) is 2.76. The number of benzene rings is 1. The van der Waals surface area contributed by atoms with Crippen molar-refractivity contribution in [3.05, 3.63) is 35.2 Å². The zero-order chi connectivity index (χ0) is 14.0. The van der Waals surface area contributed by atoms with Crippen molar-refractivity contribution < 1.29 is 0 Å². The van der Waals surface area contributed by atoms with Crippen LogP contribution in [0.2, 0.25) is 0 Å². The molecule has 108 valence electrons. The second-order valence-corrected chi connectivity index (χ2v) is 8.38. The van der Waals surface area contributed by atoms with Crippen LogP contribution in [-0.2, 0) is 6.42 Å². The van der Waals surface area contributed by atoms with Gasteiger partial charge in [-0.3, -0.25) is 0 Å². The summed E-state index contributed by atoms with van der Waals surface area (Å²) in [4.78, 5) is 0. The fourth-order valence-corrected chi connectivity index (χ4v) is 5.62. The van der Waals surface area contributed by atoms with Gasteiger partial charge in [0.1, 0.15) is 0 Å². The van der Waals surface area contributed by atoms with Gasteiger partial charge in [0.05, 0.1) is 0 Å². The highest BCUT2D eigenvalue weighted by molar-refractivity contribution is 8.00. The Hall–Kier alpha value is -0.510. The highest BCUT2D eigenvalue weighted by Crippen LogP contribution is 2.42. The summed E-state index contributed by atoms with van der Waals surface area (Å²) in [6.45, 7) is 5.73. The number of fused-ring (bicyclic) bond motifs is 1. The molecule has 0 saturated carbocycles. The molecule has 0 amide bonds. The molecular formula is C17H23NS2. The van der Waals surface area contributed by atoms with Crippen molar-refractivity contribution in [2.45, 2.75) is 43.9 Å². The molecular weight excluding hydrogens is 282 g/mol. The van der Waals surface area contributed by atoms with Crippen LogP contribution in [0.15, 0.2) is 29.6 Å². The van der Waals surface area contributed by atoms with Gasteiger partial charge in [-0.05, 0) is 60.9 Å². The molecule has 1 aliphatic heterocycles. The predicted octanol–water partition coefficient (Wildman–Crippen LogP) is 4.71. The Labute approximate surface area is 130 Å². The second kappa shape index (κ2) is 6.08. The molecule has 1 N–H and O–H groups in total. The Morgan fingerprint density at radius 2 is 2.20 bits per heavy atom. The minimum absolute atomic E-state index is 0.402. The molecule has 1 nitrogen and oxygen atoms in total. The maximum absolute atomic E-state index is 3.75. The standard InChI is InChI=1S/C17H23NS2/c1-3-18-16(17(2)9-6-10-20-17)11-13-12-19-15-8-5-4-7-14(13)15/h4-5,7-8,12,16,18H,3,6,9-11H2,1-2H3. The van der Waals surface area contributed by atoms with E-state index in [9.17, 15) is 0 Å². The predicted molar refractivity (Wildman–Crippen MR) is 93.1 cm³/mol. The molecule has 0 radical (unpaired) electrons. The summed E-state index contributed by atoms with van der Waals surface area (Å²) in [7, 11) is 0. The van der Waals surface area contributed by atoms with Gasteiger partial charge in [0, 0.05) is 15.5 Å². The maximum atomic E-state index is 3.75. The van der Waals surface area contributed by atoms with Gasteiger partial charge in [0.15, 0.2) is 0 Å². The van der Waals surface area contributed by atoms with Crippen molar-refractivity contribution in [1.82, 2.24) is 5.32 Å². The van der Waals surface area contributed by atoms with Crippen LogP contribution in [0.3, 0.4) is 0 Å². The lowest BCUT2D eigenvalue weighted by atomic mass is 9.90. The van der Waals surface area contributed by atoms with E-state index in [0.29, 0.717) is 10.8 Å². The number of rotatable bonds is 5. The van der Waals surface area contributed by atoms with Gasteiger partial charge in [-0.25, -0.2) is 0 Å². The van der Waals surface area contributed by atoms with E-state index in [4.69, 9.17) is 0 Å². The summed E-state index contributed by atoms with van der Waals surface area (Å²) in [6, 6.07) is 9.38. The summed E-state index contributed by atoms with van der Waals surface area (Å²) >= 11 is 4.04. The summed E-state index contributed by atoms with van der Waals surface area (Å²) in [5, 5.41) is 7.56. The minimum atomic E-state index is 0.402. The van der Waals surface area contributed by atoms with Gasteiger partial charge in [-0.2, -0.15) is 11.8 Å². The summed E-state index contributed by atoms with van der Waals surface area (Å²) < 4.78 is 1.82. The van der Waals surface area contributed by atoms with Gasteiger partial charge in [-0.1, -0.05) is 25.1 Å². The Morgan fingerprint density at radius 1 is 1.35 bits per heavy atom. The second-order valence-electron chi connectivity index (χ2n) is 5.84. The van der Waals surface area contributed by atoms with E-state index in [2.05, 4.69) is 60.6 Å². The van der Waals surface area contributed by atoms with E-state index >= 15 is 0 Å². The molecule has 0 spiro atoms. The van der Waals surface area contributed by atoms with Crippen LogP contribution >= 0.6 is 23.1 Å². The Balaban J connectivity index is 1.86. The fraction of sp³-hybridized carbons (Fsp3) is 0.529. The molecule has 3 rings (SSSR count). The molecule has 1 saturated heterocycles.